The molecule has 1 fully saturated rings. The van der Waals surface area contributed by atoms with Crippen molar-refractivity contribution in [2.45, 2.75) is 64.2 Å². The van der Waals surface area contributed by atoms with E-state index in [0.29, 0.717) is 0 Å². The Morgan fingerprint density at radius 1 is 0.720 bits per heavy atom. The Hall–Kier alpha value is 0.234. The second kappa shape index (κ2) is 9.96. The minimum atomic E-state index is -2.46. The van der Waals surface area contributed by atoms with Gasteiger partial charge in [-0.2, -0.15) is 0 Å². The van der Waals surface area contributed by atoms with E-state index in [-0.39, 0.29) is 0 Å². The molecule has 0 aromatic carbocycles. The normalized spacial score (nSPS) is 18.7. The molecule has 0 saturated carbocycles. The molecule has 0 aromatic heterocycles. The Morgan fingerprint density at radius 3 is 1.44 bits per heavy atom. The summed E-state index contributed by atoms with van der Waals surface area (Å²) in [6.45, 7) is 20.4. The lowest BCUT2D eigenvalue weighted by Gasteiger charge is -2.53. The van der Waals surface area contributed by atoms with Crippen LogP contribution >= 0.6 is 0 Å². The minimum Gasteiger partial charge on any atom is -0.377 e. The van der Waals surface area contributed by atoms with Gasteiger partial charge in [0, 0.05) is 60.1 Å². The van der Waals surface area contributed by atoms with Gasteiger partial charge in [-0.3, -0.25) is 0 Å². The van der Waals surface area contributed by atoms with Gasteiger partial charge >= 0.3 is 8.80 Å². The van der Waals surface area contributed by atoms with Gasteiger partial charge in [-0.05, 0) is 16.6 Å². The standard InChI is InChI=1S/C18H42N2O3Si2/c1-16(2)25(17(3)4,18(5)6)20-12-10-19(11-13-20)14-15-24(21-7,22-8)23-9/h16-18H,10-15H2,1-9H3. The van der Waals surface area contributed by atoms with Gasteiger partial charge in [0.05, 0.1) is 0 Å². The van der Waals surface area contributed by atoms with Gasteiger partial charge in [0.25, 0.3) is 0 Å². The van der Waals surface area contributed by atoms with Crippen molar-refractivity contribution in [3.8, 4) is 0 Å². The van der Waals surface area contributed by atoms with E-state index >= 15 is 0 Å². The summed E-state index contributed by atoms with van der Waals surface area (Å²) >= 11 is 0. The summed E-state index contributed by atoms with van der Waals surface area (Å²) in [5.41, 5.74) is 2.36. The van der Waals surface area contributed by atoms with Crippen LogP contribution in [0.15, 0.2) is 0 Å². The lowest BCUT2D eigenvalue weighted by molar-refractivity contribution is 0.113. The molecule has 1 aliphatic rings. The largest absolute Gasteiger partial charge is 0.501 e. The van der Waals surface area contributed by atoms with Gasteiger partial charge in [-0.15, -0.1) is 0 Å². The van der Waals surface area contributed by atoms with Crippen molar-refractivity contribution in [1.82, 2.24) is 9.47 Å². The molecule has 0 aromatic rings. The second-order valence-corrected chi connectivity index (χ2v) is 17.2. The molecule has 1 aliphatic heterocycles. The maximum atomic E-state index is 5.56. The average Bonchev–Trinajstić information content (AvgIpc) is 2.57. The predicted molar refractivity (Wildman–Crippen MR) is 111 cm³/mol. The summed E-state index contributed by atoms with van der Waals surface area (Å²) in [4.78, 5) is 2.55. The monoisotopic (exact) mass is 390 g/mol. The smallest absolute Gasteiger partial charge is 0.377 e. The quantitative estimate of drug-likeness (QED) is 0.532. The predicted octanol–water partition coefficient (Wildman–Crippen LogP) is 3.66. The first-order valence-corrected chi connectivity index (χ1v) is 13.9. The summed E-state index contributed by atoms with van der Waals surface area (Å²) < 4.78 is 19.6. The van der Waals surface area contributed by atoms with E-state index in [0.717, 1.165) is 42.3 Å². The van der Waals surface area contributed by atoms with Crippen LogP contribution in [0.25, 0.3) is 0 Å². The third-order valence-electron chi connectivity index (χ3n) is 6.36. The van der Waals surface area contributed by atoms with Crippen molar-refractivity contribution in [3.05, 3.63) is 0 Å². The summed E-state index contributed by atoms with van der Waals surface area (Å²) in [7, 11) is 1.15. The van der Waals surface area contributed by atoms with Crippen LogP contribution in [0.1, 0.15) is 41.5 Å². The highest BCUT2D eigenvalue weighted by Crippen LogP contribution is 2.44. The van der Waals surface area contributed by atoms with Crippen LogP contribution in [0.5, 0.6) is 0 Å². The molecular formula is C18H42N2O3Si2. The van der Waals surface area contributed by atoms with Gasteiger partial charge in [0.15, 0.2) is 0 Å². The summed E-state index contributed by atoms with van der Waals surface area (Å²) in [5, 5.41) is 0. The van der Waals surface area contributed by atoms with Gasteiger partial charge in [-0.25, -0.2) is 0 Å². The molecular weight excluding hydrogens is 348 g/mol. The topological polar surface area (TPSA) is 34.2 Å². The van der Waals surface area contributed by atoms with Gasteiger partial charge < -0.3 is 22.7 Å². The van der Waals surface area contributed by atoms with Crippen LogP contribution in [0.3, 0.4) is 0 Å². The first-order chi connectivity index (χ1) is 11.7. The molecule has 7 heteroatoms. The molecule has 0 amide bonds. The summed E-state index contributed by atoms with van der Waals surface area (Å²) in [6, 6.07) is 0.859. The average molecular weight is 391 g/mol. The molecule has 150 valence electrons. The zero-order valence-corrected chi connectivity index (χ0v) is 20.1. The van der Waals surface area contributed by atoms with Crippen molar-refractivity contribution in [1.29, 1.82) is 0 Å². The zero-order valence-electron chi connectivity index (χ0n) is 18.1. The molecule has 25 heavy (non-hydrogen) atoms. The van der Waals surface area contributed by atoms with Gasteiger partial charge in [0.2, 0.25) is 0 Å². The van der Waals surface area contributed by atoms with E-state index in [1.807, 2.05) is 0 Å². The Kier molecular flexibility index (Phi) is 9.28. The van der Waals surface area contributed by atoms with E-state index < -0.39 is 17.0 Å². The summed E-state index contributed by atoms with van der Waals surface area (Å²) in [6.07, 6.45) is 0. The first kappa shape index (κ1) is 23.3. The Balaban J connectivity index is 2.71. The maximum Gasteiger partial charge on any atom is 0.501 e. The number of hydrogen-bond acceptors (Lipinski definition) is 5. The number of rotatable bonds is 10. The zero-order chi connectivity index (χ0) is 19.3. The maximum absolute atomic E-state index is 5.56. The fourth-order valence-corrected chi connectivity index (χ4v) is 14.2. The van der Waals surface area contributed by atoms with E-state index in [9.17, 15) is 0 Å². The highest BCUT2D eigenvalue weighted by Gasteiger charge is 2.48. The molecule has 0 aliphatic carbocycles. The van der Waals surface area contributed by atoms with Gasteiger partial charge in [0.1, 0.15) is 8.24 Å². The van der Waals surface area contributed by atoms with Crippen molar-refractivity contribution in [3.63, 3.8) is 0 Å². The minimum absolute atomic E-state index is 0.787. The fraction of sp³-hybridized carbons (Fsp3) is 1.00. The second-order valence-electron chi connectivity index (χ2n) is 8.23. The highest BCUT2D eigenvalue weighted by molar-refractivity contribution is 6.81. The molecule has 0 spiro atoms. The Labute approximate surface area is 158 Å². The Morgan fingerprint density at radius 2 is 1.12 bits per heavy atom. The van der Waals surface area contributed by atoms with Crippen molar-refractivity contribution < 1.29 is 13.3 Å². The van der Waals surface area contributed by atoms with Crippen LogP contribution in [-0.4, -0.2) is 80.6 Å². The van der Waals surface area contributed by atoms with E-state index in [1.54, 1.807) is 21.3 Å². The van der Waals surface area contributed by atoms with Crippen molar-refractivity contribution >= 4 is 17.0 Å². The molecule has 5 nitrogen and oxygen atoms in total. The molecule has 0 atom stereocenters. The van der Waals surface area contributed by atoms with Crippen LogP contribution in [-0.2, 0) is 13.3 Å². The molecule has 0 radical (unpaired) electrons. The van der Waals surface area contributed by atoms with Gasteiger partial charge in [-0.1, -0.05) is 41.5 Å². The molecule has 1 rings (SSSR count). The number of piperazine rings is 1. The third-order valence-corrected chi connectivity index (χ3v) is 16.2. The van der Waals surface area contributed by atoms with Crippen LogP contribution in [0.2, 0.25) is 22.7 Å². The SMILES string of the molecule is CO[Si](CCN1CCN([Si](C(C)C)(C(C)C)C(C)C)CC1)(OC)OC. The lowest BCUT2D eigenvalue weighted by Crippen LogP contribution is -2.65. The van der Waals surface area contributed by atoms with E-state index in [1.165, 1.54) is 13.1 Å². The van der Waals surface area contributed by atoms with Crippen LogP contribution < -0.4 is 0 Å². The van der Waals surface area contributed by atoms with Crippen LogP contribution in [0, 0.1) is 0 Å². The molecule has 0 bridgehead atoms. The molecule has 0 N–H and O–H groups in total. The third kappa shape index (κ3) is 4.94. The number of hydrogen-bond donors (Lipinski definition) is 0. The van der Waals surface area contributed by atoms with Crippen LogP contribution in [0.4, 0.5) is 0 Å². The van der Waals surface area contributed by atoms with Crippen molar-refractivity contribution in [2.24, 2.45) is 0 Å². The van der Waals surface area contributed by atoms with E-state index in [2.05, 4.69) is 51.0 Å². The molecule has 1 saturated heterocycles. The van der Waals surface area contributed by atoms with E-state index in [4.69, 9.17) is 13.3 Å². The fourth-order valence-electron chi connectivity index (χ4n) is 5.31. The Bertz CT molecular complexity index is 352. The first-order valence-electron chi connectivity index (χ1n) is 9.83. The lowest BCUT2D eigenvalue weighted by atomic mass is 10.4. The molecule has 1 heterocycles. The summed E-state index contributed by atoms with van der Waals surface area (Å²) in [5.74, 6) is 0. The highest BCUT2D eigenvalue weighted by atomic mass is 28.4. The number of nitrogens with zero attached hydrogens (tertiary/aromatic N) is 2. The van der Waals surface area contributed by atoms with Crippen molar-refractivity contribution in [2.75, 3.05) is 54.1 Å². The molecule has 0 unspecified atom stereocenters.